The fourth-order valence-corrected chi connectivity index (χ4v) is 4.66. The zero-order chi connectivity index (χ0) is 26.3. The summed E-state index contributed by atoms with van der Waals surface area (Å²) in [4.78, 5) is 29.3. The highest BCUT2D eigenvalue weighted by Crippen LogP contribution is 2.20. The second kappa shape index (κ2) is 11.8. The zero-order valence-corrected chi connectivity index (χ0v) is 21.4. The van der Waals surface area contributed by atoms with Crippen molar-refractivity contribution in [1.82, 2.24) is 10.3 Å². The van der Waals surface area contributed by atoms with E-state index in [-0.39, 0.29) is 11.3 Å². The maximum atomic E-state index is 13.1. The van der Waals surface area contributed by atoms with Crippen LogP contribution in [0.25, 0.3) is 21.8 Å². The number of fused-ring (bicyclic) bond motifs is 2. The molecular formula is C32H31N3O3. The molecule has 0 radical (unpaired) electrons. The Balaban J connectivity index is 1.14. The second-order valence-electron chi connectivity index (χ2n) is 9.33. The van der Waals surface area contributed by atoms with E-state index in [2.05, 4.69) is 27.8 Å². The summed E-state index contributed by atoms with van der Waals surface area (Å²) in [5.41, 5.74) is 4.85. The summed E-state index contributed by atoms with van der Waals surface area (Å²) in [7, 11) is 1.68. The first-order valence-corrected chi connectivity index (χ1v) is 12.9. The topological polar surface area (TPSA) is 83.2 Å². The van der Waals surface area contributed by atoms with Crippen LogP contribution in [0.5, 0.6) is 5.75 Å². The van der Waals surface area contributed by atoms with Gasteiger partial charge in [-0.15, -0.1) is 0 Å². The van der Waals surface area contributed by atoms with E-state index in [1.807, 2.05) is 54.6 Å². The van der Waals surface area contributed by atoms with Gasteiger partial charge in [-0.05, 0) is 92.0 Å². The predicted molar refractivity (Wildman–Crippen MR) is 154 cm³/mol. The van der Waals surface area contributed by atoms with Gasteiger partial charge in [-0.25, -0.2) is 0 Å². The van der Waals surface area contributed by atoms with Gasteiger partial charge in [0.1, 0.15) is 5.75 Å². The van der Waals surface area contributed by atoms with E-state index in [1.165, 1.54) is 11.1 Å². The molecule has 1 heterocycles. The summed E-state index contributed by atoms with van der Waals surface area (Å²) >= 11 is 0. The van der Waals surface area contributed by atoms with Gasteiger partial charge in [0, 0.05) is 22.0 Å². The third-order valence-electron chi connectivity index (χ3n) is 6.77. The molecule has 5 rings (SSSR count). The molecule has 192 valence electrons. The third-order valence-corrected chi connectivity index (χ3v) is 6.77. The van der Waals surface area contributed by atoms with Crippen molar-refractivity contribution < 1.29 is 9.53 Å². The number of carbonyl (C=O) groups excluding carboxylic acids is 1. The van der Waals surface area contributed by atoms with Gasteiger partial charge >= 0.3 is 0 Å². The molecule has 0 atom stereocenters. The zero-order valence-electron chi connectivity index (χ0n) is 21.4. The van der Waals surface area contributed by atoms with E-state index in [0.717, 1.165) is 43.8 Å². The van der Waals surface area contributed by atoms with Crippen molar-refractivity contribution in [3.63, 3.8) is 0 Å². The standard InChI is InChI=1S/C32H31N3O3/c1-38-25-17-13-23(14-18-25)19-21-33-20-5-6-22-11-15-24(16-12-22)34-32(37)28-9-4-8-27-30(28)35-29-10-3-2-7-26(29)31(27)36/h2-4,7-18,33H,5-6,19-21H2,1H3,(H,34,37)(H,35,36). The van der Waals surface area contributed by atoms with Crippen LogP contribution < -0.4 is 20.8 Å². The van der Waals surface area contributed by atoms with Gasteiger partial charge in [0.2, 0.25) is 0 Å². The molecule has 5 aromatic rings. The molecule has 0 unspecified atom stereocenters. The molecule has 0 aliphatic rings. The molecule has 0 saturated heterocycles. The number of hydrogen-bond acceptors (Lipinski definition) is 4. The number of aromatic nitrogens is 1. The molecule has 3 N–H and O–H groups in total. The van der Waals surface area contributed by atoms with Gasteiger partial charge in [0.15, 0.2) is 5.43 Å². The predicted octanol–water partition coefficient (Wildman–Crippen LogP) is 5.71. The Morgan fingerprint density at radius 3 is 2.29 bits per heavy atom. The van der Waals surface area contributed by atoms with Gasteiger partial charge in [-0.2, -0.15) is 0 Å². The number of pyridine rings is 1. The third kappa shape index (κ3) is 5.76. The van der Waals surface area contributed by atoms with Crippen LogP contribution in [0.2, 0.25) is 0 Å². The van der Waals surface area contributed by atoms with Crippen molar-refractivity contribution >= 4 is 33.4 Å². The lowest BCUT2D eigenvalue weighted by Crippen LogP contribution is -2.19. The number of methoxy groups -OCH3 is 1. The average molecular weight is 506 g/mol. The van der Waals surface area contributed by atoms with Crippen molar-refractivity contribution in [2.75, 3.05) is 25.5 Å². The number of H-pyrrole nitrogens is 1. The number of anilines is 1. The van der Waals surface area contributed by atoms with Crippen molar-refractivity contribution in [3.8, 4) is 5.75 Å². The fraction of sp³-hybridized carbons (Fsp3) is 0.188. The summed E-state index contributed by atoms with van der Waals surface area (Å²) < 4.78 is 5.20. The van der Waals surface area contributed by atoms with Gasteiger partial charge < -0.3 is 20.4 Å². The molecule has 0 saturated carbocycles. The monoisotopic (exact) mass is 505 g/mol. The molecule has 1 amide bonds. The Morgan fingerprint density at radius 2 is 1.50 bits per heavy atom. The molecule has 0 fully saturated rings. The summed E-state index contributed by atoms with van der Waals surface area (Å²) in [6.45, 7) is 1.88. The second-order valence-corrected chi connectivity index (χ2v) is 9.33. The summed E-state index contributed by atoms with van der Waals surface area (Å²) in [5, 5.41) is 7.59. The van der Waals surface area contributed by atoms with Gasteiger partial charge in [-0.3, -0.25) is 9.59 Å². The Bertz CT molecular complexity index is 1610. The average Bonchev–Trinajstić information content (AvgIpc) is 2.96. The molecule has 38 heavy (non-hydrogen) atoms. The van der Waals surface area contributed by atoms with E-state index < -0.39 is 0 Å². The van der Waals surface area contributed by atoms with Gasteiger partial charge in [-0.1, -0.05) is 42.5 Å². The normalized spacial score (nSPS) is 11.1. The summed E-state index contributed by atoms with van der Waals surface area (Å²) in [5.74, 6) is 0.626. The minimum absolute atomic E-state index is 0.0800. The minimum Gasteiger partial charge on any atom is -0.497 e. The van der Waals surface area contributed by atoms with Crippen molar-refractivity contribution in [3.05, 3.63) is 118 Å². The first-order chi connectivity index (χ1) is 18.6. The highest BCUT2D eigenvalue weighted by molar-refractivity contribution is 6.13. The number of carbonyl (C=O) groups is 1. The number of aryl methyl sites for hydroxylation is 1. The van der Waals surface area contributed by atoms with Crippen LogP contribution in [-0.4, -0.2) is 31.1 Å². The Morgan fingerprint density at radius 1 is 0.789 bits per heavy atom. The number of rotatable bonds is 10. The van der Waals surface area contributed by atoms with E-state index in [1.54, 1.807) is 31.4 Å². The molecule has 6 nitrogen and oxygen atoms in total. The minimum atomic E-state index is -0.254. The number of amides is 1. The lowest BCUT2D eigenvalue weighted by atomic mass is 10.1. The van der Waals surface area contributed by atoms with Crippen LogP contribution in [0, 0.1) is 0 Å². The quantitative estimate of drug-likeness (QED) is 0.168. The van der Waals surface area contributed by atoms with Crippen molar-refractivity contribution in [2.45, 2.75) is 19.3 Å². The molecule has 0 aliphatic heterocycles. The van der Waals surface area contributed by atoms with Crippen LogP contribution in [0.15, 0.2) is 95.8 Å². The maximum absolute atomic E-state index is 13.1. The van der Waals surface area contributed by atoms with Crippen molar-refractivity contribution in [1.29, 1.82) is 0 Å². The largest absolute Gasteiger partial charge is 0.497 e. The van der Waals surface area contributed by atoms with Crippen LogP contribution in [0.3, 0.4) is 0 Å². The number of benzene rings is 4. The highest BCUT2D eigenvalue weighted by Gasteiger charge is 2.14. The first-order valence-electron chi connectivity index (χ1n) is 12.9. The Kier molecular flexibility index (Phi) is 7.81. The van der Waals surface area contributed by atoms with Crippen LogP contribution in [0.1, 0.15) is 27.9 Å². The smallest absolute Gasteiger partial charge is 0.257 e. The van der Waals surface area contributed by atoms with E-state index in [9.17, 15) is 9.59 Å². The summed E-state index contributed by atoms with van der Waals surface area (Å²) in [6.07, 6.45) is 2.98. The molecule has 6 heteroatoms. The molecule has 1 aromatic heterocycles. The van der Waals surface area contributed by atoms with Crippen LogP contribution in [-0.2, 0) is 12.8 Å². The number of para-hydroxylation sites is 2. The van der Waals surface area contributed by atoms with Gasteiger partial charge in [0.25, 0.3) is 5.91 Å². The van der Waals surface area contributed by atoms with Crippen LogP contribution >= 0.6 is 0 Å². The maximum Gasteiger partial charge on any atom is 0.257 e. The number of ether oxygens (including phenoxy) is 1. The van der Waals surface area contributed by atoms with Crippen molar-refractivity contribution in [2.24, 2.45) is 0 Å². The van der Waals surface area contributed by atoms with E-state index in [0.29, 0.717) is 27.4 Å². The number of nitrogens with one attached hydrogen (secondary N) is 3. The lowest BCUT2D eigenvalue weighted by molar-refractivity contribution is 0.102. The first kappa shape index (κ1) is 25.2. The number of hydrogen-bond donors (Lipinski definition) is 3. The SMILES string of the molecule is COc1ccc(CCNCCCc2ccc(NC(=O)c3cccc4c(=O)c5ccccc5[nH]c34)cc2)cc1. The highest BCUT2D eigenvalue weighted by atomic mass is 16.5. The van der Waals surface area contributed by atoms with E-state index >= 15 is 0 Å². The Labute approximate surface area is 221 Å². The number of aromatic amines is 1. The molecular weight excluding hydrogens is 474 g/mol. The molecule has 0 spiro atoms. The lowest BCUT2D eigenvalue weighted by Gasteiger charge is -2.10. The Hall–Kier alpha value is -4.42. The molecule has 0 bridgehead atoms. The van der Waals surface area contributed by atoms with Gasteiger partial charge in [0.05, 0.1) is 18.2 Å². The molecule has 0 aliphatic carbocycles. The van der Waals surface area contributed by atoms with E-state index in [4.69, 9.17) is 4.74 Å². The fourth-order valence-electron chi connectivity index (χ4n) is 4.66. The summed E-state index contributed by atoms with van der Waals surface area (Å²) in [6, 6.07) is 28.7. The molecule has 4 aromatic carbocycles. The van der Waals surface area contributed by atoms with Crippen LogP contribution in [0.4, 0.5) is 5.69 Å².